The van der Waals surface area contributed by atoms with E-state index in [0.29, 0.717) is 11.4 Å². The minimum absolute atomic E-state index is 0.503. The molecule has 18 heavy (non-hydrogen) atoms. The van der Waals surface area contributed by atoms with Crippen LogP contribution in [0.1, 0.15) is 22.4 Å². The first kappa shape index (κ1) is 12.7. The fourth-order valence-electron chi connectivity index (χ4n) is 2.03. The summed E-state index contributed by atoms with van der Waals surface area (Å²) in [6.07, 6.45) is 0. The monoisotopic (exact) mass is 303 g/mol. The van der Waals surface area contributed by atoms with Crippen molar-refractivity contribution in [3.05, 3.63) is 45.1 Å². The fraction of sp³-hybridized carbons (Fsp3) is 0.214. The predicted octanol–water partition coefficient (Wildman–Crippen LogP) is 3.62. The normalized spacial score (nSPS) is 10.4. The Bertz CT molecular complexity index is 663. The Morgan fingerprint density at radius 1 is 1.28 bits per heavy atom. The van der Waals surface area contributed by atoms with E-state index >= 15 is 0 Å². The van der Waals surface area contributed by atoms with Gasteiger partial charge in [-0.3, -0.25) is 4.57 Å². The summed E-state index contributed by atoms with van der Waals surface area (Å²) in [5, 5.41) is 9.13. The third-order valence-corrected chi connectivity index (χ3v) is 4.13. The summed E-state index contributed by atoms with van der Waals surface area (Å²) in [4.78, 5) is 0. The Morgan fingerprint density at radius 3 is 2.44 bits per heavy atom. The highest BCUT2D eigenvalue weighted by molar-refractivity contribution is 9.10. The second-order valence-corrected chi connectivity index (χ2v) is 5.21. The molecule has 1 aromatic heterocycles. The molecule has 2 aromatic rings. The third kappa shape index (κ3) is 1.81. The van der Waals surface area contributed by atoms with E-state index in [2.05, 4.69) is 22.0 Å². The fourth-order valence-corrected chi connectivity index (χ4v) is 2.39. The lowest BCUT2D eigenvalue weighted by molar-refractivity contribution is 1.01. The molecule has 0 radical (unpaired) electrons. The maximum atomic E-state index is 9.13. The van der Waals surface area contributed by atoms with Crippen LogP contribution >= 0.6 is 15.9 Å². The summed E-state index contributed by atoms with van der Waals surface area (Å²) in [5.41, 5.74) is 10.7. The second-order valence-electron chi connectivity index (χ2n) is 4.35. The number of nitrogens with two attached hydrogens (primary N) is 1. The predicted molar refractivity (Wildman–Crippen MR) is 76.8 cm³/mol. The number of hydrogen-bond acceptors (Lipinski definition) is 2. The van der Waals surface area contributed by atoms with Crippen LogP contribution in [-0.2, 0) is 0 Å². The van der Waals surface area contributed by atoms with Crippen molar-refractivity contribution < 1.29 is 0 Å². The smallest absolute Gasteiger partial charge is 0.126 e. The zero-order valence-electron chi connectivity index (χ0n) is 10.6. The van der Waals surface area contributed by atoms with Crippen LogP contribution in [0.4, 0.5) is 5.82 Å². The van der Waals surface area contributed by atoms with Gasteiger partial charge in [0.05, 0.1) is 5.56 Å². The molecule has 0 bridgehead atoms. The molecule has 92 valence electrons. The van der Waals surface area contributed by atoms with Gasteiger partial charge in [-0.2, -0.15) is 5.26 Å². The highest BCUT2D eigenvalue weighted by atomic mass is 79.9. The molecular weight excluding hydrogens is 290 g/mol. The van der Waals surface area contributed by atoms with Gasteiger partial charge in [-0.05, 0) is 44.0 Å². The largest absolute Gasteiger partial charge is 0.384 e. The molecule has 0 saturated heterocycles. The zero-order chi connectivity index (χ0) is 13.4. The quantitative estimate of drug-likeness (QED) is 0.875. The highest BCUT2D eigenvalue weighted by Crippen LogP contribution is 2.29. The molecule has 1 aromatic carbocycles. The molecule has 0 atom stereocenters. The van der Waals surface area contributed by atoms with Crippen LogP contribution in [0.5, 0.6) is 0 Å². The Hall–Kier alpha value is -1.73. The van der Waals surface area contributed by atoms with Gasteiger partial charge in [-0.1, -0.05) is 22.0 Å². The van der Waals surface area contributed by atoms with Gasteiger partial charge in [0.2, 0.25) is 0 Å². The maximum Gasteiger partial charge on any atom is 0.126 e. The summed E-state index contributed by atoms with van der Waals surface area (Å²) in [7, 11) is 0. The van der Waals surface area contributed by atoms with Crippen LogP contribution in [-0.4, -0.2) is 4.57 Å². The highest BCUT2D eigenvalue weighted by Gasteiger charge is 2.16. The van der Waals surface area contributed by atoms with Gasteiger partial charge in [-0.15, -0.1) is 0 Å². The second kappa shape index (κ2) is 4.51. The Balaban J connectivity index is 2.72. The minimum atomic E-state index is 0.503. The lowest BCUT2D eigenvalue weighted by Crippen LogP contribution is -2.02. The zero-order valence-corrected chi connectivity index (χ0v) is 12.2. The molecule has 2 rings (SSSR count). The van der Waals surface area contributed by atoms with Crippen molar-refractivity contribution in [2.24, 2.45) is 0 Å². The van der Waals surface area contributed by atoms with Gasteiger partial charge < -0.3 is 5.73 Å². The lowest BCUT2D eigenvalue weighted by atomic mass is 10.2. The van der Waals surface area contributed by atoms with E-state index in [9.17, 15) is 0 Å². The molecule has 0 amide bonds. The molecule has 2 N–H and O–H groups in total. The van der Waals surface area contributed by atoms with E-state index in [4.69, 9.17) is 11.0 Å². The van der Waals surface area contributed by atoms with E-state index in [1.54, 1.807) is 0 Å². The van der Waals surface area contributed by atoms with Crippen molar-refractivity contribution in [2.45, 2.75) is 20.8 Å². The summed E-state index contributed by atoms with van der Waals surface area (Å²) in [6.45, 7) is 5.93. The molecular formula is C14H14BrN3. The van der Waals surface area contributed by atoms with Crippen LogP contribution in [0.2, 0.25) is 0 Å². The van der Waals surface area contributed by atoms with Gasteiger partial charge >= 0.3 is 0 Å². The standard InChI is InChI=1S/C14H14BrN3/c1-8-4-5-11(6-13(8)15)18-10(3)9(2)12(7-16)14(18)17/h4-6H,17H2,1-3H3. The van der Waals surface area contributed by atoms with Gasteiger partial charge in [0.25, 0.3) is 0 Å². The van der Waals surface area contributed by atoms with Crippen LogP contribution < -0.4 is 5.73 Å². The molecule has 0 aliphatic heterocycles. The molecule has 0 unspecified atom stereocenters. The van der Waals surface area contributed by atoms with E-state index in [-0.39, 0.29) is 0 Å². The van der Waals surface area contributed by atoms with E-state index in [1.165, 1.54) is 5.56 Å². The average molecular weight is 304 g/mol. The molecule has 0 aliphatic carbocycles. The molecule has 3 nitrogen and oxygen atoms in total. The van der Waals surface area contributed by atoms with Crippen molar-refractivity contribution in [3.63, 3.8) is 0 Å². The van der Waals surface area contributed by atoms with Crippen molar-refractivity contribution in [1.29, 1.82) is 5.26 Å². The van der Waals surface area contributed by atoms with Crippen LogP contribution in [0, 0.1) is 32.1 Å². The van der Waals surface area contributed by atoms with E-state index in [1.807, 2.05) is 43.5 Å². The van der Waals surface area contributed by atoms with Crippen molar-refractivity contribution in [3.8, 4) is 11.8 Å². The molecule has 0 spiro atoms. The third-order valence-electron chi connectivity index (χ3n) is 3.28. The topological polar surface area (TPSA) is 54.7 Å². The summed E-state index contributed by atoms with van der Waals surface area (Å²) in [5.74, 6) is 0.503. The van der Waals surface area contributed by atoms with Crippen LogP contribution in [0.25, 0.3) is 5.69 Å². The Morgan fingerprint density at radius 2 is 1.94 bits per heavy atom. The maximum absolute atomic E-state index is 9.13. The first-order valence-corrected chi connectivity index (χ1v) is 6.40. The molecule has 0 saturated carbocycles. The van der Waals surface area contributed by atoms with Crippen molar-refractivity contribution in [2.75, 3.05) is 5.73 Å². The number of rotatable bonds is 1. The number of hydrogen-bond donors (Lipinski definition) is 1. The molecule has 4 heteroatoms. The van der Waals surface area contributed by atoms with Crippen LogP contribution in [0.3, 0.4) is 0 Å². The number of nitriles is 1. The minimum Gasteiger partial charge on any atom is -0.384 e. The van der Waals surface area contributed by atoms with E-state index in [0.717, 1.165) is 21.4 Å². The first-order chi connectivity index (χ1) is 8.47. The summed E-state index contributed by atoms with van der Waals surface area (Å²) in [6, 6.07) is 8.21. The number of nitrogen functional groups attached to an aromatic ring is 1. The molecule has 1 heterocycles. The average Bonchev–Trinajstić information content (AvgIpc) is 2.54. The Kier molecular flexibility index (Phi) is 3.18. The Labute approximate surface area is 115 Å². The SMILES string of the molecule is Cc1ccc(-n2c(C)c(C)c(C#N)c2N)cc1Br. The molecule has 0 aliphatic rings. The summed E-state index contributed by atoms with van der Waals surface area (Å²) < 4.78 is 2.95. The number of aromatic nitrogens is 1. The number of aryl methyl sites for hydroxylation is 1. The summed E-state index contributed by atoms with van der Waals surface area (Å²) >= 11 is 3.52. The number of nitrogens with zero attached hydrogens (tertiary/aromatic N) is 2. The van der Waals surface area contributed by atoms with Gasteiger partial charge in [0.1, 0.15) is 11.9 Å². The number of anilines is 1. The number of halogens is 1. The number of benzene rings is 1. The van der Waals surface area contributed by atoms with Gasteiger partial charge in [0, 0.05) is 15.9 Å². The van der Waals surface area contributed by atoms with Gasteiger partial charge in [-0.25, -0.2) is 0 Å². The van der Waals surface area contributed by atoms with Crippen LogP contribution in [0.15, 0.2) is 22.7 Å². The van der Waals surface area contributed by atoms with E-state index < -0.39 is 0 Å². The lowest BCUT2D eigenvalue weighted by Gasteiger charge is -2.10. The molecule has 0 fully saturated rings. The van der Waals surface area contributed by atoms with Gasteiger partial charge in [0.15, 0.2) is 0 Å². The first-order valence-electron chi connectivity index (χ1n) is 5.61. The van der Waals surface area contributed by atoms with Crippen molar-refractivity contribution in [1.82, 2.24) is 4.57 Å². The van der Waals surface area contributed by atoms with Crippen molar-refractivity contribution >= 4 is 21.7 Å².